The van der Waals surface area contributed by atoms with Crippen LogP contribution in [-0.4, -0.2) is 10.8 Å². The fourth-order valence-electron chi connectivity index (χ4n) is 2.29. The van der Waals surface area contributed by atoms with Crippen LogP contribution in [0.3, 0.4) is 0 Å². The lowest BCUT2D eigenvalue weighted by molar-refractivity contribution is 0.0982. The van der Waals surface area contributed by atoms with E-state index >= 15 is 0 Å². The molecule has 0 spiro atoms. The second kappa shape index (κ2) is 5.66. The van der Waals surface area contributed by atoms with E-state index in [4.69, 9.17) is 0 Å². The molecule has 2 aromatic carbocycles. The molecule has 1 heterocycles. The third kappa shape index (κ3) is 2.75. The molecular weight excluding hydrogens is 246 g/mol. The number of pyridine rings is 1. The van der Waals surface area contributed by atoms with Gasteiger partial charge < -0.3 is 0 Å². The third-order valence-electron chi connectivity index (χ3n) is 3.41. The first-order valence-electron chi connectivity index (χ1n) is 6.75. The number of ketones is 1. The zero-order valence-electron chi connectivity index (χ0n) is 11.1. The van der Waals surface area contributed by atoms with Gasteiger partial charge in [-0.05, 0) is 35.4 Å². The van der Waals surface area contributed by atoms with Crippen LogP contribution in [0.1, 0.15) is 22.5 Å². The second-order valence-electron chi connectivity index (χ2n) is 4.81. The predicted molar refractivity (Wildman–Crippen MR) is 80.8 cm³/mol. The normalized spacial score (nSPS) is 10.6. The van der Waals surface area contributed by atoms with Crippen LogP contribution in [0.15, 0.2) is 66.9 Å². The number of hydrogen-bond acceptors (Lipinski definition) is 2. The van der Waals surface area contributed by atoms with Crippen LogP contribution in [-0.2, 0) is 6.42 Å². The van der Waals surface area contributed by atoms with Gasteiger partial charge in [0.25, 0.3) is 0 Å². The molecule has 3 rings (SSSR count). The first-order chi connectivity index (χ1) is 9.83. The molecule has 0 aliphatic carbocycles. The van der Waals surface area contributed by atoms with Crippen molar-refractivity contribution < 1.29 is 4.79 Å². The van der Waals surface area contributed by atoms with Crippen molar-refractivity contribution in [2.45, 2.75) is 12.8 Å². The molecule has 0 unspecified atom stereocenters. The first-order valence-corrected chi connectivity index (χ1v) is 6.75. The molecule has 98 valence electrons. The fourth-order valence-corrected chi connectivity index (χ4v) is 2.29. The summed E-state index contributed by atoms with van der Waals surface area (Å²) in [5.74, 6) is 0.168. The van der Waals surface area contributed by atoms with Crippen molar-refractivity contribution in [2.75, 3.05) is 0 Å². The minimum atomic E-state index is 0.168. The number of hydrogen-bond donors (Lipinski definition) is 0. The van der Waals surface area contributed by atoms with Gasteiger partial charge in [0, 0.05) is 23.9 Å². The van der Waals surface area contributed by atoms with E-state index in [1.807, 2.05) is 54.6 Å². The number of carbonyl (C=O) groups is 1. The molecule has 0 aliphatic rings. The van der Waals surface area contributed by atoms with Crippen LogP contribution in [0, 0.1) is 0 Å². The molecule has 0 atom stereocenters. The highest BCUT2D eigenvalue weighted by molar-refractivity contribution is 6.00. The Morgan fingerprint density at radius 2 is 1.70 bits per heavy atom. The van der Waals surface area contributed by atoms with Gasteiger partial charge in [0.15, 0.2) is 5.78 Å². The highest BCUT2D eigenvalue weighted by Gasteiger charge is 2.07. The number of rotatable bonds is 4. The molecule has 0 fully saturated rings. The number of aromatic nitrogens is 1. The predicted octanol–water partition coefficient (Wildman–Crippen LogP) is 4.05. The summed E-state index contributed by atoms with van der Waals surface area (Å²) in [6, 6.07) is 19.7. The van der Waals surface area contributed by atoms with Crippen LogP contribution in [0.4, 0.5) is 0 Å². The van der Waals surface area contributed by atoms with Gasteiger partial charge in [-0.3, -0.25) is 9.78 Å². The number of nitrogens with zero attached hydrogens (tertiary/aromatic N) is 1. The maximum absolute atomic E-state index is 12.2. The Labute approximate surface area is 118 Å². The van der Waals surface area contributed by atoms with E-state index in [0.717, 1.165) is 22.0 Å². The van der Waals surface area contributed by atoms with Gasteiger partial charge in [0.2, 0.25) is 0 Å². The van der Waals surface area contributed by atoms with E-state index < -0.39 is 0 Å². The molecule has 20 heavy (non-hydrogen) atoms. The van der Waals surface area contributed by atoms with Crippen molar-refractivity contribution in [2.24, 2.45) is 0 Å². The molecule has 0 radical (unpaired) electrons. The molecule has 2 heteroatoms. The van der Waals surface area contributed by atoms with Crippen LogP contribution in [0.5, 0.6) is 0 Å². The summed E-state index contributed by atoms with van der Waals surface area (Å²) in [7, 11) is 0. The van der Waals surface area contributed by atoms with Gasteiger partial charge in [-0.25, -0.2) is 0 Å². The Kier molecular flexibility index (Phi) is 3.55. The standard InChI is InChI=1S/C18H15NO/c20-18(11-10-17-7-3-4-12-19-17)16-9-8-14-5-1-2-6-15(14)13-16/h1-9,12-13H,10-11H2. The van der Waals surface area contributed by atoms with Crippen LogP contribution >= 0.6 is 0 Å². The lowest BCUT2D eigenvalue weighted by Crippen LogP contribution is -2.02. The number of benzene rings is 2. The molecule has 0 bridgehead atoms. The average molecular weight is 261 g/mol. The molecule has 2 nitrogen and oxygen atoms in total. The Morgan fingerprint density at radius 3 is 2.50 bits per heavy atom. The Bertz CT molecular complexity index is 735. The van der Waals surface area contributed by atoms with E-state index in [9.17, 15) is 4.79 Å². The molecular formula is C18H15NO. The van der Waals surface area contributed by atoms with Gasteiger partial charge in [0.05, 0.1) is 0 Å². The molecule has 0 saturated heterocycles. The minimum Gasteiger partial charge on any atom is -0.294 e. The van der Waals surface area contributed by atoms with E-state index in [2.05, 4.69) is 11.1 Å². The Hall–Kier alpha value is -2.48. The molecule has 0 saturated carbocycles. The van der Waals surface area contributed by atoms with Crippen LogP contribution < -0.4 is 0 Å². The first kappa shape index (κ1) is 12.5. The lowest BCUT2D eigenvalue weighted by Gasteiger charge is -2.03. The monoisotopic (exact) mass is 261 g/mol. The van der Waals surface area contributed by atoms with Gasteiger partial charge in [-0.15, -0.1) is 0 Å². The lowest BCUT2D eigenvalue weighted by atomic mass is 10.0. The van der Waals surface area contributed by atoms with Crippen LogP contribution in [0.25, 0.3) is 10.8 Å². The van der Waals surface area contributed by atoms with E-state index in [1.54, 1.807) is 6.20 Å². The molecule has 0 N–H and O–H groups in total. The Balaban J connectivity index is 1.75. The van der Waals surface area contributed by atoms with Crippen molar-refractivity contribution >= 4 is 16.6 Å². The summed E-state index contributed by atoms with van der Waals surface area (Å²) in [6.45, 7) is 0. The summed E-state index contributed by atoms with van der Waals surface area (Å²) in [6.07, 6.45) is 2.94. The van der Waals surface area contributed by atoms with Gasteiger partial charge >= 0.3 is 0 Å². The van der Waals surface area contributed by atoms with Crippen LogP contribution in [0.2, 0.25) is 0 Å². The topological polar surface area (TPSA) is 30.0 Å². The SMILES string of the molecule is O=C(CCc1ccccn1)c1ccc2ccccc2c1. The van der Waals surface area contributed by atoms with Gasteiger partial charge in [-0.1, -0.05) is 42.5 Å². The summed E-state index contributed by atoms with van der Waals surface area (Å²) < 4.78 is 0. The van der Waals surface area contributed by atoms with Crippen molar-refractivity contribution in [1.29, 1.82) is 0 Å². The molecule has 0 aliphatic heterocycles. The van der Waals surface area contributed by atoms with Crippen molar-refractivity contribution in [3.05, 3.63) is 78.1 Å². The molecule has 1 aromatic heterocycles. The van der Waals surface area contributed by atoms with Gasteiger partial charge in [-0.2, -0.15) is 0 Å². The summed E-state index contributed by atoms with van der Waals surface area (Å²) in [4.78, 5) is 16.5. The molecule has 0 amide bonds. The van der Waals surface area contributed by atoms with Crippen molar-refractivity contribution in [1.82, 2.24) is 4.98 Å². The number of fused-ring (bicyclic) bond motifs is 1. The summed E-state index contributed by atoms with van der Waals surface area (Å²) in [5.41, 5.74) is 1.74. The quantitative estimate of drug-likeness (QED) is 0.663. The van der Waals surface area contributed by atoms with E-state index in [-0.39, 0.29) is 5.78 Å². The van der Waals surface area contributed by atoms with Gasteiger partial charge in [0.1, 0.15) is 0 Å². The zero-order chi connectivity index (χ0) is 13.8. The maximum atomic E-state index is 12.2. The average Bonchev–Trinajstić information content (AvgIpc) is 2.53. The van der Waals surface area contributed by atoms with Crippen molar-refractivity contribution in [3.8, 4) is 0 Å². The fraction of sp³-hybridized carbons (Fsp3) is 0.111. The van der Waals surface area contributed by atoms with Crippen molar-refractivity contribution in [3.63, 3.8) is 0 Å². The zero-order valence-corrected chi connectivity index (χ0v) is 11.1. The summed E-state index contributed by atoms with van der Waals surface area (Å²) in [5, 5.41) is 2.27. The third-order valence-corrected chi connectivity index (χ3v) is 3.41. The highest BCUT2D eigenvalue weighted by atomic mass is 16.1. The maximum Gasteiger partial charge on any atom is 0.163 e. The smallest absolute Gasteiger partial charge is 0.163 e. The van der Waals surface area contributed by atoms with E-state index in [1.165, 1.54) is 0 Å². The minimum absolute atomic E-state index is 0.168. The largest absolute Gasteiger partial charge is 0.294 e. The number of carbonyl (C=O) groups excluding carboxylic acids is 1. The number of aryl methyl sites for hydroxylation is 1. The Morgan fingerprint density at radius 1 is 0.900 bits per heavy atom. The summed E-state index contributed by atoms with van der Waals surface area (Å²) >= 11 is 0. The molecule has 3 aromatic rings. The number of Topliss-reactive ketones (excluding diaryl/α,β-unsaturated/α-hetero) is 1. The highest BCUT2D eigenvalue weighted by Crippen LogP contribution is 2.17. The second-order valence-corrected chi connectivity index (χ2v) is 4.81. The van der Waals surface area contributed by atoms with E-state index in [0.29, 0.717) is 12.8 Å².